The second-order valence-electron chi connectivity index (χ2n) is 5.05. The lowest BCUT2D eigenvalue weighted by atomic mass is 10.2. The van der Waals surface area contributed by atoms with E-state index in [0.717, 1.165) is 4.47 Å². The van der Waals surface area contributed by atoms with E-state index < -0.39 is 11.8 Å². The number of phenolic OH excluding ortho intramolecular Hbond substituents is 1. The van der Waals surface area contributed by atoms with Crippen LogP contribution in [-0.2, 0) is 9.59 Å². The Kier molecular flexibility index (Phi) is 7.16. The van der Waals surface area contributed by atoms with Crippen molar-refractivity contribution in [2.75, 3.05) is 12.4 Å². The summed E-state index contributed by atoms with van der Waals surface area (Å²) in [5.74, 6) is -0.786. The van der Waals surface area contributed by atoms with Gasteiger partial charge in [0.15, 0.2) is 11.5 Å². The van der Waals surface area contributed by atoms with Crippen LogP contribution >= 0.6 is 31.9 Å². The van der Waals surface area contributed by atoms with Crippen LogP contribution in [0.15, 0.2) is 50.4 Å². The van der Waals surface area contributed by atoms with Crippen LogP contribution in [0.5, 0.6) is 11.5 Å². The van der Waals surface area contributed by atoms with Gasteiger partial charge >= 0.3 is 0 Å². The molecular formula is C17H15Br2N3O4. The molecular weight excluding hydrogens is 470 g/mol. The number of nitrogens with one attached hydrogen (secondary N) is 2. The van der Waals surface area contributed by atoms with E-state index in [9.17, 15) is 14.7 Å². The maximum absolute atomic E-state index is 11.9. The fraction of sp³-hybridized carbons (Fsp3) is 0.118. The van der Waals surface area contributed by atoms with Crippen LogP contribution in [0.2, 0.25) is 0 Å². The van der Waals surface area contributed by atoms with Crippen molar-refractivity contribution >= 4 is 55.6 Å². The number of benzene rings is 2. The third-order valence-corrected chi connectivity index (χ3v) is 4.44. The van der Waals surface area contributed by atoms with Crippen LogP contribution in [0, 0.1) is 0 Å². The van der Waals surface area contributed by atoms with Crippen molar-refractivity contribution in [3.8, 4) is 11.5 Å². The summed E-state index contributed by atoms with van der Waals surface area (Å²) >= 11 is 6.50. The molecule has 0 spiro atoms. The summed E-state index contributed by atoms with van der Waals surface area (Å²) in [6, 6.07) is 10.2. The number of phenols is 1. The van der Waals surface area contributed by atoms with Crippen molar-refractivity contribution in [3.05, 3.63) is 50.9 Å². The summed E-state index contributed by atoms with van der Waals surface area (Å²) < 4.78 is 6.18. The minimum Gasteiger partial charge on any atom is -0.503 e. The predicted molar refractivity (Wildman–Crippen MR) is 105 cm³/mol. The zero-order valence-corrected chi connectivity index (χ0v) is 16.8. The summed E-state index contributed by atoms with van der Waals surface area (Å²) in [6.45, 7) is 0. The normalized spacial score (nSPS) is 10.6. The second kappa shape index (κ2) is 9.35. The highest BCUT2D eigenvalue weighted by molar-refractivity contribution is 9.11. The number of ether oxygens (including phenoxy) is 1. The van der Waals surface area contributed by atoms with E-state index in [1.807, 2.05) is 6.07 Å². The van der Waals surface area contributed by atoms with Gasteiger partial charge in [0.05, 0.1) is 23.5 Å². The van der Waals surface area contributed by atoms with E-state index >= 15 is 0 Å². The van der Waals surface area contributed by atoms with Crippen LogP contribution < -0.4 is 15.5 Å². The van der Waals surface area contributed by atoms with Crippen LogP contribution in [0.4, 0.5) is 5.69 Å². The second-order valence-corrected chi connectivity index (χ2v) is 6.76. The van der Waals surface area contributed by atoms with E-state index in [2.05, 4.69) is 47.7 Å². The highest BCUT2D eigenvalue weighted by Gasteiger charge is 2.11. The number of hydrogen-bond acceptors (Lipinski definition) is 5. The van der Waals surface area contributed by atoms with Crippen molar-refractivity contribution in [2.45, 2.75) is 6.42 Å². The van der Waals surface area contributed by atoms with Crippen molar-refractivity contribution in [1.29, 1.82) is 0 Å². The number of aromatic hydroxyl groups is 1. The number of methoxy groups -OCH3 is 1. The summed E-state index contributed by atoms with van der Waals surface area (Å²) in [5, 5.41) is 16.2. The molecule has 2 amide bonds. The molecule has 0 atom stereocenters. The minimum atomic E-state index is -0.560. The van der Waals surface area contributed by atoms with Crippen LogP contribution in [0.25, 0.3) is 0 Å². The Balaban J connectivity index is 1.90. The van der Waals surface area contributed by atoms with E-state index in [4.69, 9.17) is 4.74 Å². The van der Waals surface area contributed by atoms with Gasteiger partial charge in [-0.2, -0.15) is 5.10 Å². The molecule has 0 radical (unpaired) electrons. The van der Waals surface area contributed by atoms with Gasteiger partial charge in [0.25, 0.3) is 0 Å². The molecule has 0 aliphatic carbocycles. The Labute approximate surface area is 166 Å². The van der Waals surface area contributed by atoms with E-state index in [-0.39, 0.29) is 17.9 Å². The van der Waals surface area contributed by atoms with Gasteiger partial charge in [0, 0.05) is 4.47 Å². The molecule has 0 aliphatic rings. The van der Waals surface area contributed by atoms with Gasteiger partial charge in [-0.1, -0.05) is 12.1 Å². The van der Waals surface area contributed by atoms with Crippen molar-refractivity contribution in [3.63, 3.8) is 0 Å². The number of rotatable bonds is 6. The number of hydrazone groups is 1. The van der Waals surface area contributed by atoms with Gasteiger partial charge in [0.2, 0.25) is 11.8 Å². The number of anilines is 1. The highest BCUT2D eigenvalue weighted by Crippen LogP contribution is 2.34. The molecule has 0 aliphatic heterocycles. The Morgan fingerprint density at radius 3 is 2.62 bits per heavy atom. The lowest BCUT2D eigenvalue weighted by Crippen LogP contribution is -2.24. The van der Waals surface area contributed by atoms with Gasteiger partial charge < -0.3 is 15.2 Å². The zero-order valence-electron chi connectivity index (χ0n) is 13.6. The molecule has 9 heteroatoms. The summed E-state index contributed by atoms with van der Waals surface area (Å²) in [7, 11) is 1.42. The maximum Gasteiger partial charge on any atom is 0.249 e. The molecule has 2 rings (SSSR count). The summed E-state index contributed by atoms with van der Waals surface area (Å²) in [5.41, 5.74) is 3.44. The molecule has 0 fully saturated rings. The zero-order chi connectivity index (χ0) is 19.1. The molecule has 0 saturated heterocycles. The largest absolute Gasteiger partial charge is 0.503 e. The molecule has 7 nitrogen and oxygen atoms in total. The van der Waals surface area contributed by atoms with E-state index in [1.54, 1.807) is 30.3 Å². The van der Waals surface area contributed by atoms with Crippen molar-refractivity contribution in [2.24, 2.45) is 5.10 Å². The van der Waals surface area contributed by atoms with Crippen molar-refractivity contribution < 1.29 is 19.4 Å². The third kappa shape index (κ3) is 5.57. The van der Waals surface area contributed by atoms with Crippen LogP contribution in [-0.4, -0.2) is 30.2 Å². The molecule has 0 unspecified atom stereocenters. The first-order chi connectivity index (χ1) is 12.4. The standard InChI is InChI=1S/C17H15Br2N3O4/c1-26-14-7-10(6-12(19)17(14)25)9-20-22-16(24)8-15(23)21-13-5-3-2-4-11(13)18/h2-7,9,25H,8H2,1H3,(H,21,23)(H,22,24)/b20-9+. The lowest BCUT2D eigenvalue weighted by Gasteiger charge is -2.07. The molecule has 0 heterocycles. The smallest absolute Gasteiger partial charge is 0.249 e. The molecule has 26 heavy (non-hydrogen) atoms. The average Bonchev–Trinajstić information content (AvgIpc) is 2.59. The average molecular weight is 485 g/mol. The number of hydrogen-bond donors (Lipinski definition) is 3. The van der Waals surface area contributed by atoms with E-state index in [1.165, 1.54) is 13.3 Å². The molecule has 0 aromatic heterocycles. The molecule has 3 N–H and O–H groups in total. The maximum atomic E-state index is 11.9. The van der Waals surface area contributed by atoms with Gasteiger partial charge in [-0.05, 0) is 61.7 Å². The number of nitrogens with zero attached hydrogens (tertiary/aromatic N) is 1. The Hall–Kier alpha value is -2.39. The Morgan fingerprint density at radius 1 is 1.19 bits per heavy atom. The Bertz CT molecular complexity index is 856. The topological polar surface area (TPSA) is 100 Å². The van der Waals surface area contributed by atoms with Gasteiger partial charge in [-0.25, -0.2) is 5.43 Å². The Morgan fingerprint density at radius 2 is 1.92 bits per heavy atom. The first kappa shape index (κ1) is 19.9. The number of halogens is 2. The molecule has 0 saturated carbocycles. The third-order valence-electron chi connectivity index (χ3n) is 3.14. The molecule has 136 valence electrons. The first-order valence-electron chi connectivity index (χ1n) is 7.33. The van der Waals surface area contributed by atoms with Gasteiger partial charge in [-0.15, -0.1) is 0 Å². The molecule has 0 bridgehead atoms. The quantitative estimate of drug-likeness (QED) is 0.332. The molecule has 2 aromatic rings. The molecule has 2 aromatic carbocycles. The monoisotopic (exact) mass is 483 g/mol. The minimum absolute atomic E-state index is 0.0302. The fourth-order valence-electron chi connectivity index (χ4n) is 1.95. The van der Waals surface area contributed by atoms with E-state index in [0.29, 0.717) is 15.7 Å². The highest BCUT2D eigenvalue weighted by atomic mass is 79.9. The summed E-state index contributed by atoms with van der Waals surface area (Å²) in [6.07, 6.45) is 0.998. The SMILES string of the molecule is COc1cc(/C=N/NC(=O)CC(=O)Nc2ccccc2Br)cc(Br)c1O. The fourth-order valence-corrected chi connectivity index (χ4v) is 2.79. The number of carbonyl (C=O) groups excluding carboxylic acids is 2. The number of amides is 2. The van der Waals surface area contributed by atoms with Crippen LogP contribution in [0.3, 0.4) is 0 Å². The summed E-state index contributed by atoms with van der Waals surface area (Å²) in [4.78, 5) is 23.7. The number of para-hydroxylation sites is 1. The predicted octanol–water partition coefficient (Wildman–Crippen LogP) is 3.40. The first-order valence-corrected chi connectivity index (χ1v) is 8.92. The van der Waals surface area contributed by atoms with Gasteiger partial charge in [0.1, 0.15) is 6.42 Å². The lowest BCUT2D eigenvalue weighted by molar-refractivity contribution is -0.126. The number of carbonyl (C=O) groups is 2. The van der Waals surface area contributed by atoms with Crippen LogP contribution in [0.1, 0.15) is 12.0 Å². The van der Waals surface area contributed by atoms with Crippen molar-refractivity contribution in [1.82, 2.24) is 5.43 Å². The van der Waals surface area contributed by atoms with Gasteiger partial charge in [-0.3, -0.25) is 9.59 Å².